The van der Waals surface area contributed by atoms with Crippen LogP contribution >= 0.6 is 11.6 Å². The van der Waals surface area contributed by atoms with Gasteiger partial charge in [-0.25, -0.2) is 4.99 Å². The molecule has 1 unspecified atom stereocenters. The maximum absolute atomic E-state index is 6.03. The second kappa shape index (κ2) is 4.22. The third-order valence-electron chi connectivity index (χ3n) is 2.85. The van der Waals surface area contributed by atoms with Crippen molar-refractivity contribution >= 4 is 22.6 Å². The predicted molar refractivity (Wildman–Crippen MR) is 71.6 cm³/mol. The molecule has 0 saturated carbocycles. The normalized spacial score (nSPS) is 17.9. The number of anilines is 1. The fourth-order valence-electron chi connectivity index (χ4n) is 2.06. The minimum Gasteiger partial charge on any atom is -0.330 e. The van der Waals surface area contributed by atoms with Gasteiger partial charge in [0.25, 0.3) is 0 Å². The van der Waals surface area contributed by atoms with Crippen LogP contribution in [0, 0.1) is 0 Å². The maximum atomic E-state index is 6.03. The molecule has 84 valence electrons. The van der Waals surface area contributed by atoms with E-state index in [1.54, 1.807) is 0 Å². The number of halogens is 1. The lowest BCUT2D eigenvalue weighted by Crippen LogP contribution is -2.16. The summed E-state index contributed by atoms with van der Waals surface area (Å²) in [7, 11) is 0. The van der Waals surface area contributed by atoms with Crippen molar-refractivity contribution in [2.75, 3.05) is 5.32 Å². The molecule has 0 radical (unpaired) electrons. The van der Waals surface area contributed by atoms with Gasteiger partial charge in [0.2, 0.25) is 0 Å². The fraction of sp³-hybridized carbons (Fsp3) is 0.0714. The van der Waals surface area contributed by atoms with Gasteiger partial charge in [-0.15, -0.1) is 0 Å². The zero-order valence-electron chi connectivity index (χ0n) is 9.10. The lowest BCUT2D eigenvalue weighted by Gasteiger charge is -2.23. The highest BCUT2D eigenvalue weighted by Crippen LogP contribution is 2.34. The van der Waals surface area contributed by atoms with E-state index in [-0.39, 0.29) is 6.04 Å². The SMILES string of the molecule is ClC1=NC(c2ccccc2)c2ccccc2N1. The number of nitrogens with one attached hydrogen (secondary N) is 1. The number of hydrogen-bond donors (Lipinski definition) is 1. The number of nitrogens with zero attached hydrogens (tertiary/aromatic N) is 1. The van der Waals surface area contributed by atoms with Crippen LogP contribution in [0.1, 0.15) is 17.2 Å². The highest BCUT2D eigenvalue weighted by Gasteiger charge is 2.21. The third-order valence-corrected chi connectivity index (χ3v) is 3.04. The van der Waals surface area contributed by atoms with E-state index in [4.69, 9.17) is 11.6 Å². The molecule has 1 aliphatic heterocycles. The number of benzene rings is 2. The van der Waals surface area contributed by atoms with Gasteiger partial charge >= 0.3 is 0 Å². The number of hydrogen-bond acceptors (Lipinski definition) is 2. The van der Waals surface area contributed by atoms with Crippen molar-refractivity contribution in [2.45, 2.75) is 6.04 Å². The molecule has 0 amide bonds. The zero-order chi connectivity index (χ0) is 11.7. The molecule has 2 nitrogen and oxygen atoms in total. The summed E-state index contributed by atoms with van der Waals surface area (Å²) in [6.07, 6.45) is 0. The predicted octanol–water partition coefficient (Wildman–Crippen LogP) is 3.80. The molecule has 3 heteroatoms. The second-order valence-electron chi connectivity index (χ2n) is 3.95. The Morgan fingerprint density at radius 2 is 1.65 bits per heavy atom. The highest BCUT2D eigenvalue weighted by atomic mass is 35.5. The van der Waals surface area contributed by atoms with Gasteiger partial charge in [0.1, 0.15) is 6.04 Å². The number of fused-ring (bicyclic) bond motifs is 1. The summed E-state index contributed by atoms with van der Waals surface area (Å²) >= 11 is 6.03. The fourth-order valence-corrected chi connectivity index (χ4v) is 2.26. The molecular weight excluding hydrogens is 232 g/mol. The Kier molecular flexibility index (Phi) is 2.57. The summed E-state index contributed by atoms with van der Waals surface area (Å²) in [6, 6.07) is 18.3. The van der Waals surface area contributed by atoms with Crippen molar-refractivity contribution in [3.63, 3.8) is 0 Å². The van der Waals surface area contributed by atoms with Crippen molar-refractivity contribution < 1.29 is 0 Å². The summed E-state index contributed by atoms with van der Waals surface area (Å²) in [5.74, 6) is 0. The molecule has 1 N–H and O–H groups in total. The largest absolute Gasteiger partial charge is 0.330 e. The zero-order valence-corrected chi connectivity index (χ0v) is 9.85. The smallest absolute Gasteiger partial charge is 0.196 e. The summed E-state index contributed by atoms with van der Waals surface area (Å²) in [4.78, 5) is 4.46. The van der Waals surface area contributed by atoms with Crippen LogP contribution in [-0.4, -0.2) is 5.29 Å². The Hall–Kier alpha value is -1.80. The maximum Gasteiger partial charge on any atom is 0.196 e. The minimum atomic E-state index is -0.0128. The van der Waals surface area contributed by atoms with E-state index in [0.717, 1.165) is 16.8 Å². The molecule has 1 aliphatic rings. The van der Waals surface area contributed by atoms with E-state index in [1.807, 2.05) is 36.4 Å². The first-order valence-corrected chi connectivity index (χ1v) is 5.86. The molecule has 1 atom stereocenters. The summed E-state index contributed by atoms with van der Waals surface area (Å²) < 4.78 is 0. The third kappa shape index (κ3) is 1.92. The van der Waals surface area contributed by atoms with Gasteiger partial charge in [-0.3, -0.25) is 0 Å². The molecule has 3 rings (SSSR count). The molecule has 0 spiro atoms. The Balaban J connectivity index is 2.12. The van der Waals surface area contributed by atoms with Crippen LogP contribution in [-0.2, 0) is 0 Å². The molecule has 0 aromatic heterocycles. The average molecular weight is 243 g/mol. The van der Waals surface area contributed by atoms with E-state index in [0.29, 0.717) is 5.29 Å². The Bertz CT molecular complexity index is 563. The van der Waals surface area contributed by atoms with Crippen molar-refractivity contribution in [1.82, 2.24) is 0 Å². The first kappa shape index (κ1) is 10.4. The Labute approximate surface area is 105 Å². The standard InChI is InChI=1S/C14H11ClN2/c15-14-16-12-9-5-4-8-11(12)13(17-14)10-6-2-1-3-7-10/h1-9,13H,(H,16,17). The Morgan fingerprint density at radius 3 is 2.47 bits per heavy atom. The van der Waals surface area contributed by atoms with E-state index in [1.165, 1.54) is 0 Å². The van der Waals surface area contributed by atoms with Gasteiger partial charge in [0, 0.05) is 11.3 Å². The minimum absolute atomic E-state index is 0.0128. The van der Waals surface area contributed by atoms with Crippen LogP contribution in [0.4, 0.5) is 5.69 Å². The van der Waals surface area contributed by atoms with Gasteiger partial charge in [-0.1, -0.05) is 48.5 Å². The molecule has 0 aliphatic carbocycles. The molecule has 0 bridgehead atoms. The van der Waals surface area contributed by atoms with Crippen LogP contribution in [0.15, 0.2) is 59.6 Å². The molecular formula is C14H11ClN2. The highest BCUT2D eigenvalue weighted by molar-refractivity contribution is 6.67. The summed E-state index contributed by atoms with van der Waals surface area (Å²) in [6.45, 7) is 0. The lowest BCUT2D eigenvalue weighted by molar-refractivity contribution is 0.868. The van der Waals surface area contributed by atoms with Gasteiger partial charge in [0.15, 0.2) is 5.29 Å². The van der Waals surface area contributed by atoms with Crippen LogP contribution in [0.3, 0.4) is 0 Å². The summed E-state index contributed by atoms with van der Waals surface area (Å²) in [5, 5.41) is 3.52. The molecule has 0 fully saturated rings. The first-order valence-electron chi connectivity index (χ1n) is 5.49. The number of aliphatic imine (C=N–C) groups is 1. The van der Waals surface area contributed by atoms with Crippen molar-refractivity contribution in [2.24, 2.45) is 4.99 Å². The first-order chi connectivity index (χ1) is 8.34. The summed E-state index contributed by atoms with van der Waals surface area (Å²) in [5.41, 5.74) is 3.34. The average Bonchev–Trinajstić information content (AvgIpc) is 2.39. The van der Waals surface area contributed by atoms with Crippen molar-refractivity contribution in [1.29, 1.82) is 0 Å². The topological polar surface area (TPSA) is 24.4 Å². The quantitative estimate of drug-likeness (QED) is 0.756. The van der Waals surface area contributed by atoms with Gasteiger partial charge in [-0.05, 0) is 23.2 Å². The van der Waals surface area contributed by atoms with Crippen molar-refractivity contribution in [3.8, 4) is 0 Å². The molecule has 0 saturated heterocycles. The monoisotopic (exact) mass is 242 g/mol. The molecule has 2 aromatic carbocycles. The van der Waals surface area contributed by atoms with Crippen LogP contribution in [0.5, 0.6) is 0 Å². The number of rotatable bonds is 1. The Morgan fingerprint density at radius 1 is 0.941 bits per heavy atom. The van der Waals surface area contributed by atoms with E-state index in [9.17, 15) is 0 Å². The molecule has 17 heavy (non-hydrogen) atoms. The van der Waals surface area contributed by atoms with Gasteiger partial charge in [0.05, 0.1) is 0 Å². The van der Waals surface area contributed by atoms with Crippen LogP contribution < -0.4 is 5.32 Å². The molecule has 2 aromatic rings. The molecule has 1 heterocycles. The van der Waals surface area contributed by atoms with E-state index in [2.05, 4.69) is 28.5 Å². The number of para-hydroxylation sites is 1. The van der Waals surface area contributed by atoms with E-state index < -0.39 is 0 Å². The van der Waals surface area contributed by atoms with Crippen LogP contribution in [0.25, 0.3) is 0 Å². The lowest BCUT2D eigenvalue weighted by atomic mass is 9.97. The second-order valence-corrected chi connectivity index (χ2v) is 4.30. The van der Waals surface area contributed by atoms with Crippen LogP contribution in [0.2, 0.25) is 0 Å². The van der Waals surface area contributed by atoms with Gasteiger partial charge in [-0.2, -0.15) is 0 Å². The van der Waals surface area contributed by atoms with Crippen molar-refractivity contribution in [3.05, 3.63) is 65.7 Å². The number of amidine groups is 1. The van der Waals surface area contributed by atoms with Gasteiger partial charge < -0.3 is 5.32 Å². The van der Waals surface area contributed by atoms with E-state index >= 15 is 0 Å².